The third kappa shape index (κ3) is 1.91. The Morgan fingerprint density at radius 3 is 3.05 bits per heavy atom. The molecule has 0 saturated carbocycles. The number of aliphatic carboxylic acids is 1. The van der Waals surface area contributed by atoms with Crippen molar-refractivity contribution in [3.8, 4) is 0 Å². The SMILES string of the molecule is Cc1cccc2c(N3CCC[C@@H]3C(=O)O)ncnc12. The molecule has 1 atom stereocenters. The Morgan fingerprint density at radius 1 is 1.42 bits per heavy atom. The third-order valence-corrected chi connectivity index (χ3v) is 3.66. The second-order valence-corrected chi connectivity index (χ2v) is 4.86. The van der Waals surface area contributed by atoms with E-state index in [1.165, 1.54) is 6.33 Å². The van der Waals surface area contributed by atoms with Crippen molar-refractivity contribution in [3.05, 3.63) is 30.1 Å². The van der Waals surface area contributed by atoms with Gasteiger partial charge in [0, 0.05) is 11.9 Å². The van der Waals surface area contributed by atoms with Crippen LogP contribution in [0.1, 0.15) is 18.4 Å². The normalized spacial score (nSPS) is 19.0. The molecule has 1 saturated heterocycles. The van der Waals surface area contributed by atoms with Gasteiger partial charge in [-0.3, -0.25) is 0 Å². The van der Waals surface area contributed by atoms with Crippen LogP contribution in [-0.2, 0) is 4.79 Å². The van der Waals surface area contributed by atoms with E-state index in [1.54, 1.807) is 0 Å². The predicted octanol–water partition coefficient (Wildman–Crippen LogP) is 1.99. The highest BCUT2D eigenvalue weighted by molar-refractivity contribution is 5.93. The van der Waals surface area contributed by atoms with Crippen LogP contribution in [0.2, 0.25) is 0 Å². The minimum Gasteiger partial charge on any atom is -0.480 e. The largest absolute Gasteiger partial charge is 0.480 e. The number of nitrogens with zero attached hydrogens (tertiary/aromatic N) is 3. The molecule has 1 aromatic carbocycles. The Kier molecular flexibility index (Phi) is 2.81. The number of aryl methyl sites for hydroxylation is 1. The lowest BCUT2D eigenvalue weighted by atomic mass is 10.1. The first-order valence-corrected chi connectivity index (χ1v) is 6.38. The number of rotatable bonds is 2. The smallest absolute Gasteiger partial charge is 0.326 e. The van der Waals surface area contributed by atoms with Crippen LogP contribution in [0.25, 0.3) is 10.9 Å². The summed E-state index contributed by atoms with van der Waals surface area (Å²) in [6, 6.07) is 5.43. The minimum absolute atomic E-state index is 0.474. The van der Waals surface area contributed by atoms with Crippen LogP contribution in [-0.4, -0.2) is 33.6 Å². The van der Waals surface area contributed by atoms with Crippen molar-refractivity contribution in [3.63, 3.8) is 0 Å². The number of aromatic nitrogens is 2. The highest BCUT2D eigenvalue weighted by atomic mass is 16.4. The van der Waals surface area contributed by atoms with Crippen LogP contribution in [0.15, 0.2) is 24.5 Å². The fourth-order valence-electron chi connectivity index (χ4n) is 2.73. The van der Waals surface area contributed by atoms with Gasteiger partial charge in [0.15, 0.2) is 0 Å². The number of carboxylic acid groups (broad SMARTS) is 1. The number of carbonyl (C=O) groups is 1. The lowest BCUT2D eigenvalue weighted by molar-refractivity contribution is -0.138. The van der Waals surface area contributed by atoms with Crippen LogP contribution >= 0.6 is 0 Å². The number of hydrogen-bond acceptors (Lipinski definition) is 4. The Labute approximate surface area is 110 Å². The van der Waals surface area contributed by atoms with Gasteiger partial charge in [-0.05, 0) is 31.4 Å². The van der Waals surface area contributed by atoms with Gasteiger partial charge in [0.1, 0.15) is 18.2 Å². The van der Waals surface area contributed by atoms with Gasteiger partial charge < -0.3 is 10.0 Å². The Hall–Kier alpha value is -2.17. The van der Waals surface area contributed by atoms with Crippen LogP contribution in [0.4, 0.5) is 5.82 Å². The van der Waals surface area contributed by atoms with Crippen molar-refractivity contribution in [1.29, 1.82) is 0 Å². The molecule has 3 rings (SSSR count). The Balaban J connectivity index is 2.15. The average molecular weight is 257 g/mol. The zero-order valence-corrected chi connectivity index (χ0v) is 10.7. The molecule has 1 aliphatic rings. The first-order chi connectivity index (χ1) is 9.18. The standard InChI is InChI=1S/C14H15N3O2/c1-9-4-2-5-10-12(9)15-8-16-13(10)17-7-3-6-11(17)14(18)19/h2,4-5,8,11H,3,6-7H2,1H3,(H,18,19)/t11-/m1/s1. The van der Waals surface area contributed by atoms with E-state index in [4.69, 9.17) is 0 Å². The Morgan fingerprint density at radius 2 is 2.26 bits per heavy atom. The van der Waals surface area contributed by atoms with Crippen LogP contribution in [0.5, 0.6) is 0 Å². The lowest BCUT2D eigenvalue weighted by Gasteiger charge is -2.23. The van der Waals surface area contributed by atoms with Crippen molar-refractivity contribution in [2.45, 2.75) is 25.8 Å². The summed E-state index contributed by atoms with van der Waals surface area (Å²) in [5, 5.41) is 10.2. The van der Waals surface area contributed by atoms with E-state index in [9.17, 15) is 9.90 Å². The summed E-state index contributed by atoms with van der Waals surface area (Å²) in [5.74, 6) is -0.0458. The molecule has 1 N–H and O–H groups in total. The Bertz CT molecular complexity index is 642. The van der Waals surface area contributed by atoms with E-state index in [0.717, 1.165) is 35.2 Å². The summed E-state index contributed by atoms with van der Waals surface area (Å²) >= 11 is 0. The van der Waals surface area contributed by atoms with Gasteiger partial charge in [-0.15, -0.1) is 0 Å². The molecule has 1 fully saturated rings. The molecule has 2 aromatic rings. The van der Waals surface area contributed by atoms with E-state index in [1.807, 2.05) is 30.0 Å². The number of hydrogen-bond donors (Lipinski definition) is 1. The molecular weight excluding hydrogens is 242 g/mol. The summed E-state index contributed by atoms with van der Waals surface area (Å²) in [5.41, 5.74) is 1.97. The monoisotopic (exact) mass is 257 g/mol. The maximum atomic E-state index is 11.3. The van der Waals surface area contributed by atoms with E-state index in [0.29, 0.717) is 6.42 Å². The molecule has 0 spiro atoms. The number of carboxylic acids is 1. The molecule has 5 heteroatoms. The van der Waals surface area contributed by atoms with E-state index < -0.39 is 12.0 Å². The van der Waals surface area contributed by atoms with Crippen LogP contribution in [0.3, 0.4) is 0 Å². The molecule has 19 heavy (non-hydrogen) atoms. The lowest BCUT2D eigenvalue weighted by Crippen LogP contribution is -2.36. The number of para-hydroxylation sites is 1. The summed E-state index contributed by atoms with van der Waals surface area (Å²) in [6.45, 7) is 2.73. The topological polar surface area (TPSA) is 66.3 Å². The second kappa shape index (κ2) is 4.50. The maximum absolute atomic E-state index is 11.3. The fourth-order valence-corrected chi connectivity index (χ4v) is 2.73. The number of benzene rings is 1. The van der Waals surface area contributed by atoms with Crippen molar-refractivity contribution < 1.29 is 9.90 Å². The average Bonchev–Trinajstić information content (AvgIpc) is 2.88. The minimum atomic E-state index is -0.781. The van der Waals surface area contributed by atoms with Gasteiger partial charge in [-0.2, -0.15) is 0 Å². The molecule has 0 aliphatic carbocycles. The quantitative estimate of drug-likeness (QED) is 0.891. The zero-order valence-electron chi connectivity index (χ0n) is 10.7. The van der Waals surface area contributed by atoms with Crippen molar-refractivity contribution >= 4 is 22.7 Å². The van der Waals surface area contributed by atoms with E-state index in [2.05, 4.69) is 9.97 Å². The molecule has 0 unspecified atom stereocenters. The number of anilines is 1. The summed E-state index contributed by atoms with van der Waals surface area (Å²) in [6.07, 6.45) is 3.07. The zero-order chi connectivity index (χ0) is 13.4. The second-order valence-electron chi connectivity index (χ2n) is 4.86. The number of fused-ring (bicyclic) bond motifs is 1. The maximum Gasteiger partial charge on any atom is 0.326 e. The molecule has 0 radical (unpaired) electrons. The molecule has 0 bridgehead atoms. The first kappa shape index (κ1) is 11.9. The molecule has 0 amide bonds. The van der Waals surface area contributed by atoms with Gasteiger partial charge in [-0.1, -0.05) is 12.1 Å². The molecule has 5 nitrogen and oxygen atoms in total. The highest BCUT2D eigenvalue weighted by Crippen LogP contribution is 2.30. The van der Waals surface area contributed by atoms with Gasteiger partial charge in [0.25, 0.3) is 0 Å². The summed E-state index contributed by atoms with van der Waals surface area (Å²) in [7, 11) is 0. The third-order valence-electron chi connectivity index (χ3n) is 3.66. The van der Waals surface area contributed by atoms with Crippen molar-refractivity contribution in [2.24, 2.45) is 0 Å². The first-order valence-electron chi connectivity index (χ1n) is 6.38. The molecule has 1 aromatic heterocycles. The van der Waals surface area contributed by atoms with Crippen molar-refractivity contribution in [1.82, 2.24) is 9.97 Å². The van der Waals surface area contributed by atoms with Gasteiger partial charge in [0.2, 0.25) is 0 Å². The van der Waals surface area contributed by atoms with Gasteiger partial charge in [-0.25, -0.2) is 14.8 Å². The summed E-state index contributed by atoms with van der Waals surface area (Å²) < 4.78 is 0. The van der Waals surface area contributed by atoms with Crippen molar-refractivity contribution in [2.75, 3.05) is 11.4 Å². The fraction of sp³-hybridized carbons (Fsp3) is 0.357. The van der Waals surface area contributed by atoms with E-state index >= 15 is 0 Å². The predicted molar refractivity (Wildman–Crippen MR) is 72.3 cm³/mol. The van der Waals surface area contributed by atoms with Gasteiger partial charge >= 0.3 is 5.97 Å². The van der Waals surface area contributed by atoms with Gasteiger partial charge in [0.05, 0.1) is 5.52 Å². The molecule has 98 valence electrons. The van der Waals surface area contributed by atoms with E-state index in [-0.39, 0.29) is 0 Å². The van der Waals surface area contributed by atoms with Crippen LogP contribution < -0.4 is 4.90 Å². The van der Waals surface area contributed by atoms with Crippen LogP contribution in [0, 0.1) is 6.92 Å². The molecule has 2 heterocycles. The molecule has 1 aliphatic heterocycles. The molecular formula is C14H15N3O2. The highest BCUT2D eigenvalue weighted by Gasteiger charge is 2.32. The summed E-state index contributed by atoms with van der Waals surface area (Å²) in [4.78, 5) is 21.8.